The molecule has 54 heavy (non-hydrogen) atoms. The number of fused-ring (bicyclic) bond motifs is 13. The lowest BCUT2D eigenvalue weighted by Gasteiger charge is -2.30. The molecule has 4 aliphatic rings. The summed E-state index contributed by atoms with van der Waals surface area (Å²) in [7, 11) is 0. The molecule has 8 aromatic rings. The first-order valence-electron chi connectivity index (χ1n) is 19.0. The number of benzene rings is 8. The van der Waals surface area contributed by atoms with Crippen LogP contribution in [-0.4, -0.2) is 0 Å². The minimum absolute atomic E-state index is 0.313. The Morgan fingerprint density at radius 1 is 0.426 bits per heavy atom. The van der Waals surface area contributed by atoms with E-state index in [0.29, 0.717) is 5.92 Å². The van der Waals surface area contributed by atoms with Crippen molar-refractivity contribution in [2.45, 2.75) is 12.3 Å². The maximum absolute atomic E-state index is 6.84. The van der Waals surface area contributed by atoms with Gasteiger partial charge in [-0.05, 0) is 101 Å². The lowest BCUT2D eigenvalue weighted by atomic mass is 9.70. The number of allylic oxidation sites excluding steroid dienone is 2. The normalized spacial score (nSPS) is 15.8. The molecule has 1 spiro atoms. The first-order valence-corrected chi connectivity index (χ1v) is 19.0. The molecule has 0 amide bonds. The van der Waals surface area contributed by atoms with E-state index < -0.39 is 0 Å². The highest BCUT2D eigenvalue weighted by molar-refractivity contribution is 6.06. The Labute approximate surface area is 315 Å². The third-order valence-electron chi connectivity index (χ3n) is 12.4. The van der Waals surface area contributed by atoms with Crippen LogP contribution in [0.15, 0.2) is 170 Å². The maximum atomic E-state index is 6.84. The van der Waals surface area contributed by atoms with E-state index in [9.17, 15) is 0 Å². The van der Waals surface area contributed by atoms with Crippen LogP contribution in [0.4, 0.5) is 0 Å². The molecule has 252 valence electrons. The van der Waals surface area contributed by atoms with Crippen molar-refractivity contribution < 1.29 is 4.74 Å². The fourth-order valence-corrected chi connectivity index (χ4v) is 10.1. The Kier molecular flexibility index (Phi) is 6.03. The molecular formula is C53H34O. The van der Waals surface area contributed by atoms with Crippen molar-refractivity contribution in [3.63, 3.8) is 0 Å². The molecule has 1 heteroatoms. The van der Waals surface area contributed by atoms with Gasteiger partial charge in [0.15, 0.2) is 0 Å². The van der Waals surface area contributed by atoms with Gasteiger partial charge >= 0.3 is 0 Å². The van der Waals surface area contributed by atoms with Crippen LogP contribution in [0.5, 0.6) is 11.5 Å². The minimum Gasteiger partial charge on any atom is -0.455 e. The van der Waals surface area contributed by atoms with Crippen LogP contribution >= 0.6 is 0 Å². The Bertz CT molecular complexity index is 2920. The summed E-state index contributed by atoms with van der Waals surface area (Å²) < 4.78 is 6.84. The molecule has 0 radical (unpaired) electrons. The van der Waals surface area contributed by atoms with E-state index >= 15 is 0 Å². The average Bonchev–Trinajstić information content (AvgIpc) is 3.59. The zero-order valence-corrected chi connectivity index (χ0v) is 29.8. The molecule has 0 saturated heterocycles. The number of ether oxygens (including phenoxy) is 1. The quantitative estimate of drug-likeness (QED) is 0.176. The van der Waals surface area contributed by atoms with E-state index in [2.05, 4.69) is 189 Å². The molecule has 0 bridgehead atoms. The molecule has 1 atom stereocenters. The molecule has 0 unspecified atom stereocenters. The van der Waals surface area contributed by atoms with Crippen LogP contribution in [0.25, 0.3) is 78.6 Å². The van der Waals surface area contributed by atoms with Crippen LogP contribution in [0.3, 0.4) is 0 Å². The molecule has 0 saturated carbocycles. The third-order valence-corrected chi connectivity index (χ3v) is 12.4. The van der Waals surface area contributed by atoms with Gasteiger partial charge in [0.1, 0.15) is 11.5 Å². The van der Waals surface area contributed by atoms with Gasteiger partial charge in [-0.25, -0.2) is 0 Å². The number of rotatable bonds is 2. The van der Waals surface area contributed by atoms with Gasteiger partial charge in [-0.1, -0.05) is 177 Å². The van der Waals surface area contributed by atoms with Gasteiger partial charge in [-0.3, -0.25) is 0 Å². The maximum Gasteiger partial charge on any atom is 0.143 e. The van der Waals surface area contributed by atoms with E-state index in [0.717, 1.165) is 22.6 Å². The molecule has 0 aromatic heterocycles. The molecule has 0 N–H and O–H groups in total. The van der Waals surface area contributed by atoms with Gasteiger partial charge < -0.3 is 4.74 Å². The molecular weight excluding hydrogens is 653 g/mol. The topological polar surface area (TPSA) is 9.23 Å². The van der Waals surface area contributed by atoms with Gasteiger partial charge in [0.2, 0.25) is 0 Å². The standard InChI is InChI=1S/C53H34O/c1-32-23-26-36-35(29-30-38(37(36)27-24-32)44-17-10-18-45-43-16-8-11-33-12-9-22-50(51(33)43)54-52(44)45)34-25-28-42-41-15-4-7-21-48(41)53(49(42)31-34)46-19-5-2-13-39(46)40-14-3-6-20-47(40)53/h2-32H,1H3/t32-/m1/s1. The molecule has 12 rings (SSSR count). The van der Waals surface area contributed by atoms with Gasteiger partial charge in [0, 0.05) is 16.5 Å². The predicted octanol–water partition coefficient (Wildman–Crippen LogP) is 14.0. The zero-order chi connectivity index (χ0) is 35.5. The summed E-state index contributed by atoms with van der Waals surface area (Å²) in [6.07, 6.45) is 9.34. The molecule has 1 aliphatic heterocycles. The van der Waals surface area contributed by atoms with Crippen LogP contribution in [0.2, 0.25) is 0 Å². The Hall–Kier alpha value is -6.70. The summed E-state index contributed by atoms with van der Waals surface area (Å²) in [6, 6.07) is 58.5. The second kappa shape index (κ2) is 10.9. The summed E-state index contributed by atoms with van der Waals surface area (Å²) >= 11 is 0. The second-order valence-electron chi connectivity index (χ2n) is 15.2. The predicted molar refractivity (Wildman–Crippen MR) is 224 cm³/mol. The third kappa shape index (κ3) is 3.83. The van der Waals surface area contributed by atoms with Crippen LogP contribution < -0.4 is 4.74 Å². The summed E-state index contributed by atoms with van der Waals surface area (Å²) in [5.74, 6) is 2.15. The smallest absolute Gasteiger partial charge is 0.143 e. The zero-order valence-electron chi connectivity index (χ0n) is 29.8. The molecule has 3 aliphatic carbocycles. The van der Waals surface area contributed by atoms with Gasteiger partial charge in [-0.15, -0.1) is 0 Å². The Morgan fingerprint density at radius 2 is 0.926 bits per heavy atom. The number of para-hydroxylation sites is 1. The lowest BCUT2D eigenvalue weighted by molar-refractivity contribution is 0.489. The fraction of sp³-hybridized carbons (Fsp3) is 0.0566. The Morgan fingerprint density at radius 3 is 1.61 bits per heavy atom. The second-order valence-corrected chi connectivity index (χ2v) is 15.2. The number of hydrogen-bond donors (Lipinski definition) is 0. The molecule has 8 aromatic carbocycles. The minimum atomic E-state index is -0.379. The summed E-state index contributed by atoms with van der Waals surface area (Å²) in [4.78, 5) is 0. The molecule has 1 nitrogen and oxygen atoms in total. The molecule has 1 heterocycles. The monoisotopic (exact) mass is 686 g/mol. The summed E-state index contributed by atoms with van der Waals surface area (Å²) in [5, 5.41) is 2.38. The highest BCUT2D eigenvalue weighted by Gasteiger charge is 2.51. The average molecular weight is 687 g/mol. The fourth-order valence-electron chi connectivity index (χ4n) is 10.1. The Balaban J connectivity index is 1.09. The van der Waals surface area contributed by atoms with Crippen molar-refractivity contribution >= 4 is 22.9 Å². The van der Waals surface area contributed by atoms with Crippen LogP contribution in [0, 0.1) is 5.92 Å². The number of hydrogen-bond acceptors (Lipinski definition) is 1. The van der Waals surface area contributed by atoms with Crippen molar-refractivity contribution in [3.05, 3.63) is 203 Å². The highest BCUT2D eigenvalue weighted by Crippen LogP contribution is 2.63. The van der Waals surface area contributed by atoms with Crippen LogP contribution in [-0.2, 0) is 5.41 Å². The van der Waals surface area contributed by atoms with Gasteiger partial charge in [-0.2, -0.15) is 0 Å². The van der Waals surface area contributed by atoms with Crippen molar-refractivity contribution in [1.82, 2.24) is 0 Å². The van der Waals surface area contributed by atoms with E-state index in [-0.39, 0.29) is 5.41 Å². The lowest BCUT2D eigenvalue weighted by Crippen LogP contribution is -2.25. The van der Waals surface area contributed by atoms with Crippen molar-refractivity contribution in [1.29, 1.82) is 0 Å². The van der Waals surface area contributed by atoms with Crippen molar-refractivity contribution in [3.8, 4) is 67.1 Å². The van der Waals surface area contributed by atoms with E-state index in [1.54, 1.807) is 0 Å². The first kappa shape index (κ1) is 29.8. The van der Waals surface area contributed by atoms with E-state index in [1.165, 1.54) is 88.7 Å². The highest BCUT2D eigenvalue weighted by atomic mass is 16.5. The van der Waals surface area contributed by atoms with Crippen molar-refractivity contribution in [2.75, 3.05) is 0 Å². The van der Waals surface area contributed by atoms with E-state index in [4.69, 9.17) is 4.74 Å². The summed E-state index contributed by atoms with van der Waals surface area (Å²) in [5.41, 5.74) is 19.9. The molecule has 0 fully saturated rings. The largest absolute Gasteiger partial charge is 0.455 e. The first-order chi connectivity index (χ1) is 26.7. The van der Waals surface area contributed by atoms with Crippen LogP contribution in [0.1, 0.15) is 40.3 Å². The summed E-state index contributed by atoms with van der Waals surface area (Å²) in [6.45, 7) is 2.26. The van der Waals surface area contributed by atoms with Gasteiger partial charge in [0.05, 0.1) is 5.41 Å². The van der Waals surface area contributed by atoms with Gasteiger partial charge in [0.25, 0.3) is 0 Å². The SMILES string of the molecule is C[C@@H]1C=Cc2c(-c3ccc4c(c3)C3(c5ccccc5-c5ccccc53)c3ccccc3-4)ccc(-c3cccc4c3Oc3cccc5cccc-4c35)c2C=C1. The van der Waals surface area contributed by atoms with E-state index in [1.807, 2.05) is 0 Å². The van der Waals surface area contributed by atoms with Crippen molar-refractivity contribution in [2.24, 2.45) is 5.92 Å².